The summed E-state index contributed by atoms with van der Waals surface area (Å²) in [4.78, 5) is 0.162. The van der Waals surface area contributed by atoms with Gasteiger partial charge in [0.2, 0.25) is 0 Å². The van der Waals surface area contributed by atoms with Gasteiger partial charge in [0.15, 0.2) is 0 Å². The van der Waals surface area contributed by atoms with Gasteiger partial charge in [-0.05, 0) is 0 Å². The van der Waals surface area contributed by atoms with Crippen LogP contribution in [0.2, 0.25) is 5.71 Å². The quantitative estimate of drug-likeness (QED) is 0.383. The van der Waals surface area contributed by atoms with Crippen molar-refractivity contribution in [3.63, 3.8) is 0 Å². The molecule has 158 valence electrons. The second kappa shape index (κ2) is 8.12. The van der Waals surface area contributed by atoms with Crippen molar-refractivity contribution in [2.45, 2.75) is 17.5 Å². The molecule has 4 aromatic rings. The van der Waals surface area contributed by atoms with Gasteiger partial charge in [-0.3, -0.25) is 0 Å². The molecule has 0 aromatic heterocycles. The molecule has 4 aromatic carbocycles. The molecule has 0 saturated heterocycles. The van der Waals surface area contributed by atoms with E-state index >= 15 is 0 Å². The molecule has 0 amide bonds. The predicted molar refractivity (Wildman–Crippen MR) is 129 cm³/mol. The summed E-state index contributed by atoms with van der Waals surface area (Å²) in [6.07, 6.45) is 0. The Morgan fingerprint density at radius 2 is 0.935 bits per heavy atom. The van der Waals surface area contributed by atoms with Gasteiger partial charge in [0, 0.05) is 0 Å². The van der Waals surface area contributed by atoms with Gasteiger partial charge in [-0.1, -0.05) is 0 Å². The molecule has 0 aliphatic rings. The Hall–Kier alpha value is -2.65. The summed E-state index contributed by atoms with van der Waals surface area (Å²) in [5.41, 5.74) is 3.01. The summed E-state index contributed by atoms with van der Waals surface area (Å²) in [5, 5.41) is 0. The van der Waals surface area contributed by atoms with Crippen LogP contribution < -0.4 is 13.1 Å². The van der Waals surface area contributed by atoms with E-state index in [2.05, 4.69) is 0 Å². The molecule has 0 aliphatic carbocycles. The predicted octanol–water partition coefficient (Wildman–Crippen LogP) is 3.95. The van der Waals surface area contributed by atoms with Crippen molar-refractivity contribution in [2.75, 3.05) is 0 Å². The van der Waals surface area contributed by atoms with Crippen LogP contribution in [0.4, 0.5) is 0 Å². The van der Waals surface area contributed by atoms with E-state index in [0.717, 1.165) is 18.6 Å². The summed E-state index contributed by atoms with van der Waals surface area (Å²) in [6.45, 7) is 1.93. The molecule has 0 fully saturated rings. The SMILES string of the molecule is Cc1ccc(S(=O)(=O)O[As](C)(c2ccccc2)(c2ccccc2)c2ccccc2)cc1. The van der Waals surface area contributed by atoms with Crippen molar-refractivity contribution in [3.8, 4) is 0 Å². The van der Waals surface area contributed by atoms with Crippen LogP contribution in [-0.4, -0.2) is 21.2 Å². The monoisotopic (exact) mass is 492 g/mol. The van der Waals surface area contributed by atoms with Crippen LogP contribution >= 0.6 is 0 Å². The van der Waals surface area contributed by atoms with Gasteiger partial charge in [0.1, 0.15) is 0 Å². The molecule has 0 unspecified atom stereocenters. The normalized spacial score (nSPS) is 13.3. The van der Waals surface area contributed by atoms with E-state index < -0.39 is 22.9 Å². The summed E-state index contributed by atoms with van der Waals surface area (Å²) < 4.78 is 36.7. The van der Waals surface area contributed by atoms with Gasteiger partial charge in [0.05, 0.1) is 0 Å². The van der Waals surface area contributed by atoms with Crippen molar-refractivity contribution < 1.29 is 11.6 Å². The first-order chi connectivity index (χ1) is 14.8. The molecule has 31 heavy (non-hydrogen) atoms. The van der Waals surface area contributed by atoms with Crippen molar-refractivity contribution in [1.29, 1.82) is 0 Å². The fourth-order valence-corrected chi connectivity index (χ4v) is 18.0. The minimum absolute atomic E-state index is 0.162. The van der Waals surface area contributed by atoms with Crippen LogP contribution in [0.1, 0.15) is 5.56 Å². The van der Waals surface area contributed by atoms with Gasteiger partial charge in [-0.15, -0.1) is 0 Å². The van der Waals surface area contributed by atoms with E-state index in [1.54, 1.807) is 24.3 Å². The molecule has 5 heteroatoms. The molecule has 0 bridgehead atoms. The molecule has 0 spiro atoms. The zero-order valence-corrected chi connectivity index (χ0v) is 20.2. The molecule has 0 radical (unpaired) electrons. The second-order valence-corrected chi connectivity index (χ2v) is 19.7. The van der Waals surface area contributed by atoms with Gasteiger partial charge >= 0.3 is 186 Å². The Morgan fingerprint density at radius 1 is 0.581 bits per heavy atom. The van der Waals surface area contributed by atoms with Gasteiger partial charge in [-0.25, -0.2) is 0 Å². The first-order valence-electron chi connectivity index (χ1n) is 10.1. The first kappa shape index (κ1) is 21.6. The van der Waals surface area contributed by atoms with E-state index in [4.69, 9.17) is 3.17 Å². The first-order valence-corrected chi connectivity index (χ1v) is 16.9. The summed E-state index contributed by atoms with van der Waals surface area (Å²) in [7, 11) is -4.06. The number of rotatable bonds is 6. The average molecular weight is 492 g/mol. The van der Waals surface area contributed by atoms with Crippen LogP contribution in [-0.2, 0) is 13.3 Å². The number of hydrogen-bond acceptors (Lipinski definition) is 3. The Balaban J connectivity index is 2.07. The fraction of sp³-hybridized carbons (Fsp3) is 0.0769. The van der Waals surface area contributed by atoms with E-state index in [9.17, 15) is 8.42 Å². The summed E-state index contributed by atoms with van der Waals surface area (Å²) in [5.74, 6) is 0. The fourth-order valence-electron chi connectivity index (χ4n) is 3.93. The van der Waals surface area contributed by atoms with Crippen LogP contribution in [0, 0.1) is 6.92 Å². The molecule has 0 saturated carbocycles. The Bertz CT molecular complexity index is 1170. The third kappa shape index (κ3) is 3.76. The van der Waals surface area contributed by atoms with E-state index in [1.165, 1.54) is 0 Å². The van der Waals surface area contributed by atoms with Crippen LogP contribution in [0.5, 0.6) is 0 Å². The Kier molecular flexibility index (Phi) is 5.65. The van der Waals surface area contributed by atoms with Crippen LogP contribution in [0.25, 0.3) is 0 Å². The molecule has 0 N–H and O–H groups in total. The van der Waals surface area contributed by atoms with E-state index in [0.29, 0.717) is 0 Å². The maximum absolute atomic E-state index is 13.7. The van der Waals surface area contributed by atoms with E-state index in [-0.39, 0.29) is 4.90 Å². The molecular formula is C26H25AsO3S. The standard InChI is InChI=1S/C26H25AsO3S/c1-22-18-20-26(21-19-22)31(28,29)30-27(2,23-12-6-3-7-13-23,24-14-8-4-9-15-24)25-16-10-5-11-17-25/h3-21H,1-2H3. The third-order valence-electron chi connectivity index (χ3n) is 5.73. The molecule has 3 nitrogen and oxygen atoms in total. The van der Waals surface area contributed by atoms with Crippen molar-refractivity contribution in [2.24, 2.45) is 0 Å². The van der Waals surface area contributed by atoms with Crippen molar-refractivity contribution in [3.05, 3.63) is 121 Å². The second-order valence-electron chi connectivity index (χ2n) is 7.81. The topological polar surface area (TPSA) is 43.4 Å². The van der Waals surface area contributed by atoms with Crippen molar-refractivity contribution >= 4 is 36.0 Å². The summed E-state index contributed by atoms with van der Waals surface area (Å²) in [6, 6.07) is 36.1. The molecule has 4 rings (SSSR count). The number of aryl methyl sites for hydroxylation is 1. The van der Waals surface area contributed by atoms with Gasteiger partial charge < -0.3 is 0 Å². The Morgan fingerprint density at radius 3 is 1.29 bits per heavy atom. The molecule has 0 atom stereocenters. The average Bonchev–Trinajstić information content (AvgIpc) is 2.81. The number of hydrogen-bond donors (Lipinski definition) is 0. The molecule has 0 aliphatic heterocycles. The zero-order chi connectivity index (χ0) is 22.0. The molecular weight excluding hydrogens is 467 g/mol. The zero-order valence-electron chi connectivity index (χ0n) is 17.5. The van der Waals surface area contributed by atoms with Gasteiger partial charge in [0.25, 0.3) is 0 Å². The Labute approximate surface area is 185 Å². The van der Waals surface area contributed by atoms with Crippen LogP contribution in [0.3, 0.4) is 0 Å². The third-order valence-corrected chi connectivity index (χ3v) is 20.4. The van der Waals surface area contributed by atoms with Crippen LogP contribution in [0.15, 0.2) is 120 Å². The summed E-state index contributed by atoms with van der Waals surface area (Å²) >= 11 is -4.62. The molecule has 0 heterocycles. The minimum atomic E-state index is -4.62. The number of benzene rings is 4. The van der Waals surface area contributed by atoms with Gasteiger partial charge in [-0.2, -0.15) is 0 Å². The van der Waals surface area contributed by atoms with E-state index in [1.807, 2.05) is 104 Å². The maximum atomic E-state index is 13.7. The van der Waals surface area contributed by atoms with Crippen molar-refractivity contribution in [1.82, 2.24) is 0 Å².